The van der Waals surface area contributed by atoms with Gasteiger partial charge in [0.05, 0.1) is 0 Å². The standard InChI is InChI=1S/C8H14N2/c1-4-5-8(2)6-10-7-9-3/h5-7H,4H2,1-3H3/b8-5-,9-7?,10-6?. The number of rotatable bonds is 3. The maximum atomic E-state index is 3.92. The molecule has 0 heterocycles. The molecule has 0 aliphatic rings. The van der Waals surface area contributed by atoms with Gasteiger partial charge in [0.15, 0.2) is 0 Å². The molecular formula is C8H14N2. The molecule has 2 heteroatoms. The molecule has 0 aromatic rings. The van der Waals surface area contributed by atoms with Crippen molar-refractivity contribution in [3.63, 3.8) is 0 Å². The molecule has 0 aromatic carbocycles. The van der Waals surface area contributed by atoms with E-state index in [0.717, 1.165) is 6.42 Å². The zero-order chi connectivity index (χ0) is 7.82. The Hall–Kier alpha value is -0.920. The summed E-state index contributed by atoms with van der Waals surface area (Å²) in [6.45, 7) is 4.13. The van der Waals surface area contributed by atoms with E-state index in [2.05, 4.69) is 23.0 Å². The van der Waals surface area contributed by atoms with Gasteiger partial charge >= 0.3 is 0 Å². The van der Waals surface area contributed by atoms with Crippen LogP contribution in [0, 0.1) is 0 Å². The zero-order valence-electron chi connectivity index (χ0n) is 6.83. The Balaban J connectivity index is 3.76. The van der Waals surface area contributed by atoms with Crippen LogP contribution < -0.4 is 0 Å². The Bertz CT molecular complexity index is 155. The van der Waals surface area contributed by atoms with Crippen molar-refractivity contribution in [1.82, 2.24) is 0 Å². The van der Waals surface area contributed by atoms with Gasteiger partial charge in [-0.15, -0.1) is 0 Å². The van der Waals surface area contributed by atoms with Crippen molar-refractivity contribution >= 4 is 12.6 Å². The van der Waals surface area contributed by atoms with Crippen LogP contribution in [0.4, 0.5) is 0 Å². The molecule has 0 atom stereocenters. The van der Waals surface area contributed by atoms with Crippen LogP contribution in [0.5, 0.6) is 0 Å². The highest BCUT2D eigenvalue weighted by molar-refractivity contribution is 5.84. The molecule has 0 aliphatic heterocycles. The molecular weight excluding hydrogens is 124 g/mol. The molecule has 0 saturated heterocycles. The van der Waals surface area contributed by atoms with Crippen LogP contribution in [0.2, 0.25) is 0 Å². The van der Waals surface area contributed by atoms with Crippen molar-refractivity contribution in [2.24, 2.45) is 9.98 Å². The summed E-state index contributed by atoms with van der Waals surface area (Å²) in [6, 6.07) is 0. The van der Waals surface area contributed by atoms with Crippen molar-refractivity contribution in [3.8, 4) is 0 Å². The Kier molecular flexibility index (Phi) is 5.63. The largest absolute Gasteiger partial charge is 0.277 e. The fourth-order valence-electron chi connectivity index (χ4n) is 0.592. The van der Waals surface area contributed by atoms with E-state index in [9.17, 15) is 0 Å². The summed E-state index contributed by atoms with van der Waals surface area (Å²) < 4.78 is 0. The third-order valence-electron chi connectivity index (χ3n) is 0.986. The van der Waals surface area contributed by atoms with Crippen molar-refractivity contribution in [2.75, 3.05) is 7.05 Å². The molecule has 0 rings (SSSR count). The Morgan fingerprint density at radius 3 is 2.70 bits per heavy atom. The molecule has 0 N–H and O–H groups in total. The molecule has 0 unspecified atom stereocenters. The molecule has 0 fully saturated rings. The minimum Gasteiger partial charge on any atom is -0.277 e. The molecule has 2 nitrogen and oxygen atoms in total. The minimum atomic E-state index is 1.06. The van der Waals surface area contributed by atoms with Crippen LogP contribution in [0.3, 0.4) is 0 Å². The van der Waals surface area contributed by atoms with Crippen LogP contribution in [0.25, 0.3) is 0 Å². The highest BCUT2D eigenvalue weighted by atomic mass is 14.8. The van der Waals surface area contributed by atoms with Crippen molar-refractivity contribution < 1.29 is 0 Å². The van der Waals surface area contributed by atoms with Crippen LogP contribution >= 0.6 is 0 Å². The fourth-order valence-corrected chi connectivity index (χ4v) is 0.592. The quantitative estimate of drug-likeness (QED) is 0.421. The molecule has 0 aromatic heterocycles. The lowest BCUT2D eigenvalue weighted by Gasteiger charge is -1.85. The zero-order valence-corrected chi connectivity index (χ0v) is 6.83. The second kappa shape index (κ2) is 6.20. The van der Waals surface area contributed by atoms with Crippen LogP contribution in [-0.4, -0.2) is 19.6 Å². The predicted molar refractivity (Wildman–Crippen MR) is 47.0 cm³/mol. The molecule has 0 saturated carbocycles. The van der Waals surface area contributed by atoms with Gasteiger partial charge < -0.3 is 0 Å². The first-order valence-corrected chi connectivity index (χ1v) is 3.41. The van der Waals surface area contributed by atoms with Crippen LogP contribution in [-0.2, 0) is 0 Å². The summed E-state index contributed by atoms with van der Waals surface area (Å²) in [4.78, 5) is 7.64. The van der Waals surface area contributed by atoms with Crippen molar-refractivity contribution in [1.29, 1.82) is 0 Å². The molecule has 10 heavy (non-hydrogen) atoms. The number of nitrogens with zero attached hydrogens (tertiary/aromatic N) is 2. The van der Waals surface area contributed by atoms with Gasteiger partial charge in [-0.25, -0.2) is 4.99 Å². The summed E-state index contributed by atoms with van der Waals surface area (Å²) in [7, 11) is 1.70. The first-order chi connectivity index (χ1) is 4.81. The first-order valence-electron chi connectivity index (χ1n) is 3.41. The fraction of sp³-hybridized carbons (Fsp3) is 0.500. The van der Waals surface area contributed by atoms with E-state index in [-0.39, 0.29) is 0 Å². The summed E-state index contributed by atoms with van der Waals surface area (Å²) in [5.74, 6) is 0. The third-order valence-corrected chi connectivity index (χ3v) is 0.986. The van der Waals surface area contributed by atoms with Crippen LogP contribution in [0.1, 0.15) is 20.3 Å². The highest BCUT2D eigenvalue weighted by Crippen LogP contribution is 1.89. The monoisotopic (exact) mass is 138 g/mol. The average molecular weight is 138 g/mol. The lowest BCUT2D eigenvalue weighted by molar-refractivity contribution is 1.21. The number of aliphatic imine (C=N–C) groups is 2. The normalized spacial score (nSPS) is 13.7. The first kappa shape index (κ1) is 9.08. The molecule has 56 valence electrons. The van der Waals surface area contributed by atoms with E-state index in [1.54, 1.807) is 13.3 Å². The molecule has 0 radical (unpaired) electrons. The van der Waals surface area contributed by atoms with E-state index in [1.807, 2.05) is 6.92 Å². The number of allylic oxidation sites excluding steroid dienone is 2. The molecule has 0 amide bonds. The Labute approximate surface area is 62.4 Å². The van der Waals surface area contributed by atoms with Gasteiger partial charge in [-0.05, 0) is 18.9 Å². The van der Waals surface area contributed by atoms with E-state index in [1.165, 1.54) is 11.9 Å². The summed E-state index contributed by atoms with van der Waals surface area (Å²) in [6.07, 6.45) is 6.51. The van der Waals surface area contributed by atoms with Gasteiger partial charge in [-0.1, -0.05) is 13.0 Å². The lowest BCUT2D eigenvalue weighted by atomic mass is 10.3. The van der Waals surface area contributed by atoms with E-state index in [0.29, 0.717) is 0 Å². The highest BCUT2D eigenvalue weighted by Gasteiger charge is 1.76. The van der Waals surface area contributed by atoms with Crippen LogP contribution in [0.15, 0.2) is 21.6 Å². The van der Waals surface area contributed by atoms with Crippen molar-refractivity contribution in [3.05, 3.63) is 11.6 Å². The van der Waals surface area contributed by atoms with Gasteiger partial charge in [0.2, 0.25) is 0 Å². The summed E-state index contributed by atoms with van der Waals surface area (Å²) in [5, 5.41) is 0. The maximum Gasteiger partial charge on any atom is 0.109 e. The second-order valence-corrected chi connectivity index (χ2v) is 2.01. The minimum absolute atomic E-state index is 1.06. The number of hydrogen-bond donors (Lipinski definition) is 0. The number of hydrogen-bond acceptors (Lipinski definition) is 1. The van der Waals surface area contributed by atoms with E-state index < -0.39 is 0 Å². The van der Waals surface area contributed by atoms with Crippen molar-refractivity contribution in [2.45, 2.75) is 20.3 Å². The van der Waals surface area contributed by atoms with Gasteiger partial charge in [0, 0.05) is 13.3 Å². The topological polar surface area (TPSA) is 24.7 Å². The Morgan fingerprint density at radius 2 is 2.20 bits per heavy atom. The Morgan fingerprint density at radius 1 is 1.50 bits per heavy atom. The molecule has 0 aliphatic carbocycles. The SMILES string of the molecule is CC/C=C(/C)C=NC=NC. The summed E-state index contributed by atoms with van der Waals surface area (Å²) in [5.41, 5.74) is 1.18. The van der Waals surface area contributed by atoms with Gasteiger partial charge in [-0.3, -0.25) is 4.99 Å². The third kappa shape index (κ3) is 5.22. The maximum absolute atomic E-state index is 3.92. The van der Waals surface area contributed by atoms with Gasteiger partial charge in [-0.2, -0.15) is 0 Å². The second-order valence-electron chi connectivity index (χ2n) is 2.01. The molecule has 0 spiro atoms. The van der Waals surface area contributed by atoms with Gasteiger partial charge in [0.25, 0.3) is 0 Å². The van der Waals surface area contributed by atoms with Gasteiger partial charge in [0.1, 0.15) is 6.34 Å². The van der Waals surface area contributed by atoms with E-state index in [4.69, 9.17) is 0 Å². The predicted octanol–water partition coefficient (Wildman–Crippen LogP) is 2.07. The van der Waals surface area contributed by atoms with E-state index >= 15 is 0 Å². The smallest absolute Gasteiger partial charge is 0.109 e. The lowest BCUT2D eigenvalue weighted by Crippen LogP contribution is -1.77. The summed E-state index contributed by atoms with van der Waals surface area (Å²) >= 11 is 0. The molecule has 0 bridgehead atoms. The average Bonchev–Trinajstić information content (AvgIpc) is 1.89.